The van der Waals surface area contributed by atoms with Gasteiger partial charge in [0, 0.05) is 25.6 Å². The van der Waals surface area contributed by atoms with Gasteiger partial charge in [-0.2, -0.15) is 4.80 Å². The molecule has 0 spiro atoms. The van der Waals surface area contributed by atoms with Crippen LogP contribution in [-0.2, 0) is 19.0 Å². The van der Waals surface area contributed by atoms with E-state index in [0.29, 0.717) is 35.9 Å². The molecular formula is C15H22N10O. The van der Waals surface area contributed by atoms with Gasteiger partial charge >= 0.3 is 0 Å². The second-order valence-electron chi connectivity index (χ2n) is 7.63. The highest BCUT2D eigenvalue weighted by molar-refractivity contribution is 5.82. The van der Waals surface area contributed by atoms with Crippen LogP contribution in [-0.4, -0.2) is 69.5 Å². The predicted octanol–water partition coefficient (Wildman–Crippen LogP) is -0.338. The summed E-state index contributed by atoms with van der Waals surface area (Å²) in [7, 11) is 1.77. The molecule has 4 heterocycles. The van der Waals surface area contributed by atoms with Gasteiger partial charge in [-0.05, 0) is 16.8 Å². The molecule has 1 aliphatic heterocycles. The molecule has 1 saturated heterocycles. The number of fused-ring (bicyclic) bond motifs is 1. The number of nitrogens with zero attached hydrogens (tertiary/aromatic N) is 10. The van der Waals surface area contributed by atoms with Crippen LogP contribution in [0.2, 0.25) is 0 Å². The van der Waals surface area contributed by atoms with Gasteiger partial charge in [0.25, 0.3) is 0 Å². The van der Waals surface area contributed by atoms with Gasteiger partial charge in [-0.25, -0.2) is 14.6 Å². The van der Waals surface area contributed by atoms with Crippen LogP contribution in [0.15, 0.2) is 0 Å². The van der Waals surface area contributed by atoms with Crippen LogP contribution < -0.4 is 4.90 Å². The van der Waals surface area contributed by atoms with E-state index in [4.69, 9.17) is 4.98 Å². The molecule has 1 aliphatic rings. The molecule has 0 amide bonds. The maximum absolute atomic E-state index is 9.92. The molecule has 3 aromatic heterocycles. The molecular weight excluding hydrogens is 336 g/mol. The molecule has 0 radical (unpaired) electrons. The van der Waals surface area contributed by atoms with E-state index >= 15 is 0 Å². The van der Waals surface area contributed by atoms with Gasteiger partial charge in [-0.3, -0.25) is 0 Å². The lowest BCUT2D eigenvalue weighted by Gasteiger charge is -2.21. The van der Waals surface area contributed by atoms with E-state index in [2.05, 4.69) is 51.5 Å². The fraction of sp³-hybridized carbons (Fsp3) is 0.667. The van der Waals surface area contributed by atoms with Crippen LogP contribution in [0.25, 0.3) is 11.2 Å². The largest absolute Gasteiger partial charge is 0.391 e. The van der Waals surface area contributed by atoms with Gasteiger partial charge in [0.05, 0.1) is 6.10 Å². The number of aromatic nitrogens is 9. The summed E-state index contributed by atoms with van der Waals surface area (Å²) in [6.07, 6.45) is 0.368. The summed E-state index contributed by atoms with van der Waals surface area (Å²) in [5.74, 6) is 2.07. The Kier molecular flexibility index (Phi) is 3.83. The van der Waals surface area contributed by atoms with Crippen LogP contribution in [0.5, 0.6) is 0 Å². The fourth-order valence-electron chi connectivity index (χ4n) is 2.91. The summed E-state index contributed by atoms with van der Waals surface area (Å²) < 4.78 is 1.58. The summed E-state index contributed by atoms with van der Waals surface area (Å²) >= 11 is 0. The van der Waals surface area contributed by atoms with Crippen LogP contribution in [0.3, 0.4) is 0 Å². The Bertz CT molecular complexity index is 940. The first-order valence-corrected chi connectivity index (χ1v) is 8.59. The number of hydrogen-bond acceptors (Lipinski definition) is 9. The Morgan fingerprint density at radius 3 is 2.62 bits per heavy atom. The van der Waals surface area contributed by atoms with Gasteiger partial charge in [-0.1, -0.05) is 20.8 Å². The molecule has 11 nitrogen and oxygen atoms in total. The summed E-state index contributed by atoms with van der Waals surface area (Å²) in [6, 6.07) is 0. The SMILES string of the molecule is Cn1nnnc1Cn1nc2nc(C(C)(C)C)nc(N3CC[C@H](O)C3)c2n1. The second-order valence-corrected chi connectivity index (χ2v) is 7.63. The maximum atomic E-state index is 9.92. The van der Waals surface area contributed by atoms with Crippen molar-refractivity contribution in [1.82, 2.24) is 45.2 Å². The molecule has 26 heavy (non-hydrogen) atoms. The highest BCUT2D eigenvalue weighted by Crippen LogP contribution is 2.28. The summed E-state index contributed by atoms with van der Waals surface area (Å²) in [6.45, 7) is 7.80. The van der Waals surface area contributed by atoms with Gasteiger partial charge in [-0.15, -0.1) is 15.3 Å². The molecule has 138 valence electrons. The average molecular weight is 358 g/mol. The van der Waals surface area contributed by atoms with E-state index in [-0.39, 0.29) is 11.5 Å². The maximum Gasteiger partial charge on any atom is 0.207 e. The highest BCUT2D eigenvalue weighted by atomic mass is 16.3. The monoisotopic (exact) mass is 358 g/mol. The molecule has 0 bridgehead atoms. The van der Waals surface area contributed by atoms with Crippen molar-refractivity contribution in [3.8, 4) is 0 Å². The Morgan fingerprint density at radius 2 is 2.00 bits per heavy atom. The minimum Gasteiger partial charge on any atom is -0.391 e. The van der Waals surface area contributed by atoms with Crippen molar-refractivity contribution in [3.63, 3.8) is 0 Å². The first kappa shape index (κ1) is 16.8. The summed E-state index contributed by atoms with van der Waals surface area (Å²) in [5, 5.41) is 30.4. The van der Waals surface area contributed by atoms with Crippen molar-refractivity contribution in [3.05, 3.63) is 11.6 Å². The first-order chi connectivity index (χ1) is 12.3. The smallest absolute Gasteiger partial charge is 0.207 e. The van der Waals surface area contributed by atoms with Gasteiger partial charge in [0.15, 0.2) is 17.2 Å². The lowest BCUT2D eigenvalue weighted by atomic mass is 9.96. The number of aryl methyl sites for hydroxylation is 1. The van der Waals surface area contributed by atoms with E-state index in [9.17, 15) is 5.11 Å². The minimum absolute atomic E-state index is 0.224. The Morgan fingerprint density at radius 1 is 1.19 bits per heavy atom. The third kappa shape index (κ3) is 2.98. The third-order valence-corrected chi connectivity index (χ3v) is 4.40. The van der Waals surface area contributed by atoms with Crippen LogP contribution in [0, 0.1) is 0 Å². The number of anilines is 1. The van der Waals surface area contributed by atoms with Gasteiger partial charge < -0.3 is 10.0 Å². The van der Waals surface area contributed by atoms with Crippen molar-refractivity contribution in [1.29, 1.82) is 0 Å². The number of β-amino-alcohol motifs (C(OH)–C–C–N with tert-alkyl or cyclic N) is 1. The van der Waals surface area contributed by atoms with E-state index in [1.54, 1.807) is 11.7 Å². The van der Waals surface area contributed by atoms with Crippen molar-refractivity contribution in [2.45, 2.75) is 45.3 Å². The number of tetrazole rings is 1. The van der Waals surface area contributed by atoms with Crippen LogP contribution >= 0.6 is 0 Å². The van der Waals surface area contributed by atoms with E-state index < -0.39 is 0 Å². The number of hydrogen-bond donors (Lipinski definition) is 1. The second kappa shape index (κ2) is 5.94. The molecule has 0 aromatic carbocycles. The molecule has 4 rings (SSSR count). The van der Waals surface area contributed by atoms with Crippen LogP contribution in [0.4, 0.5) is 5.82 Å². The lowest BCUT2D eigenvalue weighted by Crippen LogP contribution is -2.25. The van der Waals surface area contributed by atoms with E-state index in [0.717, 1.165) is 18.8 Å². The molecule has 1 N–H and O–H groups in total. The lowest BCUT2D eigenvalue weighted by molar-refractivity contribution is 0.198. The molecule has 1 fully saturated rings. The quantitative estimate of drug-likeness (QED) is 0.669. The zero-order chi connectivity index (χ0) is 18.5. The minimum atomic E-state index is -0.349. The van der Waals surface area contributed by atoms with E-state index in [1.807, 2.05) is 4.90 Å². The fourth-order valence-corrected chi connectivity index (χ4v) is 2.91. The van der Waals surface area contributed by atoms with Gasteiger partial charge in [0.1, 0.15) is 12.4 Å². The Labute approximate surface area is 150 Å². The van der Waals surface area contributed by atoms with Crippen molar-refractivity contribution in [2.75, 3.05) is 18.0 Å². The van der Waals surface area contributed by atoms with Crippen molar-refractivity contribution >= 4 is 17.0 Å². The third-order valence-electron chi connectivity index (χ3n) is 4.40. The number of aliphatic hydroxyl groups excluding tert-OH is 1. The average Bonchev–Trinajstić information content (AvgIpc) is 3.26. The zero-order valence-electron chi connectivity index (χ0n) is 15.3. The zero-order valence-corrected chi connectivity index (χ0v) is 15.3. The molecule has 0 unspecified atom stereocenters. The molecule has 3 aromatic rings. The van der Waals surface area contributed by atoms with Crippen LogP contribution in [0.1, 0.15) is 38.8 Å². The van der Waals surface area contributed by atoms with Gasteiger partial charge in [0.2, 0.25) is 5.65 Å². The topological polar surface area (TPSA) is 124 Å². The Hall–Kier alpha value is -2.69. The highest BCUT2D eigenvalue weighted by Gasteiger charge is 2.28. The standard InChI is InChI=1S/C15H22N10O/c1-15(2,3)14-16-12-11(13(17-14)24-6-5-9(26)7-24)19-25(20-12)8-10-18-21-22-23(10)4/h9,26H,5-8H2,1-4H3/t9-/m0/s1. The molecule has 0 saturated carbocycles. The summed E-state index contributed by atoms with van der Waals surface area (Å²) in [4.78, 5) is 13.0. The van der Waals surface area contributed by atoms with Crippen molar-refractivity contribution in [2.24, 2.45) is 7.05 Å². The first-order valence-electron chi connectivity index (χ1n) is 8.59. The molecule has 0 aliphatic carbocycles. The van der Waals surface area contributed by atoms with Crippen molar-refractivity contribution < 1.29 is 5.11 Å². The number of aliphatic hydroxyl groups is 1. The predicted molar refractivity (Wildman–Crippen MR) is 92.6 cm³/mol. The molecule has 1 atom stereocenters. The number of rotatable bonds is 3. The molecule has 11 heteroatoms. The Balaban J connectivity index is 1.80. The normalized spacial score (nSPS) is 18.2. The van der Waals surface area contributed by atoms with E-state index in [1.165, 1.54) is 4.80 Å². The summed E-state index contributed by atoms with van der Waals surface area (Å²) in [5.41, 5.74) is 0.942.